The van der Waals surface area contributed by atoms with Gasteiger partial charge in [-0.3, -0.25) is 20.1 Å². The molecule has 0 bridgehead atoms. The molecule has 3 unspecified atom stereocenters. The van der Waals surface area contributed by atoms with Gasteiger partial charge in [-0.25, -0.2) is 0 Å². The van der Waals surface area contributed by atoms with Gasteiger partial charge in [0.25, 0.3) is 5.69 Å². The number of pyridine rings is 1. The largest absolute Gasteiger partial charge is 0.493 e. The van der Waals surface area contributed by atoms with Crippen LogP contribution in [0.4, 0.5) is 5.69 Å². The first kappa shape index (κ1) is 18.5. The average Bonchev–Trinajstić information content (AvgIpc) is 3.23. The van der Waals surface area contributed by atoms with E-state index in [1.807, 2.05) is 18.2 Å². The summed E-state index contributed by atoms with van der Waals surface area (Å²) in [6, 6.07) is 8.12. The predicted molar refractivity (Wildman–Crippen MR) is 107 cm³/mol. The average molecular weight is 400 g/mol. The van der Waals surface area contributed by atoms with Gasteiger partial charge in [0.2, 0.25) is 0 Å². The summed E-state index contributed by atoms with van der Waals surface area (Å²) in [5, 5.41) is 13.1. The predicted octanol–water partition coefficient (Wildman–Crippen LogP) is 3.60. The molecule has 2 aromatic rings. The fourth-order valence-electron chi connectivity index (χ4n) is 3.73. The molecule has 0 saturated carbocycles. The molecule has 1 fully saturated rings. The summed E-state index contributed by atoms with van der Waals surface area (Å²) in [4.78, 5) is 23.0. The topological polar surface area (TPSA) is 90.1 Å². The summed E-state index contributed by atoms with van der Waals surface area (Å²) >= 11 is 1.69. The van der Waals surface area contributed by atoms with Crippen LogP contribution in [0.3, 0.4) is 0 Å². The van der Waals surface area contributed by atoms with Crippen molar-refractivity contribution in [1.82, 2.24) is 9.88 Å². The van der Waals surface area contributed by atoms with Gasteiger partial charge in [-0.2, -0.15) is 0 Å². The van der Waals surface area contributed by atoms with Crippen LogP contribution in [0.25, 0.3) is 0 Å². The fraction of sp³-hybridized carbons (Fsp3) is 0.368. The number of nitro groups is 1. The van der Waals surface area contributed by atoms with Crippen molar-refractivity contribution in [3.8, 4) is 11.5 Å². The van der Waals surface area contributed by atoms with E-state index in [1.165, 1.54) is 20.3 Å². The van der Waals surface area contributed by atoms with Gasteiger partial charge in [-0.05, 0) is 18.2 Å². The van der Waals surface area contributed by atoms with Crippen molar-refractivity contribution < 1.29 is 14.4 Å². The first-order chi connectivity index (χ1) is 13.5. The summed E-state index contributed by atoms with van der Waals surface area (Å²) in [6.07, 6.45) is 1.72. The van der Waals surface area contributed by atoms with Crippen LogP contribution in [0.1, 0.15) is 30.3 Å². The van der Waals surface area contributed by atoms with Crippen molar-refractivity contribution in [2.45, 2.75) is 24.3 Å². The van der Waals surface area contributed by atoms with Gasteiger partial charge in [-0.15, -0.1) is 0 Å². The van der Waals surface area contributed by atoms with E-state index in [-0.39, 0.29) is 22.7 Å². The number of ether oxygens (including phenoxy) is 2. The van der Waals surface area contributed by atoms with Gasteiger partial charge in [-0.1, -0.05) is 24.8 Å². The van der Waals surface area contributed by atoms with Crippen molar-refractivity contribution in [2.24, 2.45) is 4.99 Å². The SMILES string of the molecule is COc1cc(C2C(c3ccccn3)N=C3SC(C)CN32)c([N+](=O)[O-])cc1OC. The molecule has 9 heteroatoms. The minimum absolute atomic E-state index is 0.00964. The third-order valence-electron chi connectivity index (χ3n) is 4.93. The van der Waals surface area contributed by atoms with E-state index in [4.69, 9.17) is 14.5 Å². The van der Waals surface area contributed by atoms with Crippen LogP contribution >= 0.6 is 11.8 Å². The molecule has 0 N–H and O–H groups in total. The lowest BCUT2D eigenvalue weighted by molar-refractivity contribution is -0.386. The molecule has 4 rings (SSSR count). The molecule has 2 aliphatic rings. The van der Waals surface area contributed by atoms with E-state index < -0.39 is 0 Å². The Balaban J connectivity index is 1.88. The standard InChI is InChI=1S/C19H20N4O4S/c1-11-10-22-18(17(21-19(22)28-11)13-6-4-5-7-20-13)12-8-15(26-2)16(27-3)9-14(12)23(24)25/h4-9,11,17-18H,10H2,1-3H3. The lowest BCUT2D eigenvalue weighted by Gasteiger charge is -2.27. The number of thioether (sulfide) groups is 1. The Kier molecular flexibility index (Phi) is 4.84. The maximum Gasteiger partial charge on any atom is 0.278 e. The van der Waals surface area contributed by atoms with Gasteiger partial charge in [0.15, 0.2) is 16.7 Å². The Bertz CT molecular complexity index is 937. The highest BCUT2D eigenvalue weighted by Gasteiger charge is 2.46. The zero-order valence-electron chi connectivity index (χ0n) is 15.7. The Morgan fingerprint density at radius 1 is 1.25 bits per heavy atom. The number of aromatic nitrogens is 1. The van der Waals surface area contributed by atoms with Crippen LogP contribution < -0.4 is 9.47 Å². The number of aliphatic imine (C=N–C) groups is 1. The van der Waals surface area contributed by atoms with Gasteiger partial charge in [0.05, 0.1) is 42.5 Å². The smallest absolute Gasteiger partial charge is 0.278 e. The number of benzene rings is 1. The van der Waals surface area contributed by atoms with Gasteiger partial charge < -0.3 is 14.4 Å². The molecule has 1 aromatic carbocycles. The summed E-state index contributed by atoms with van der Waals surface area (Å²) in [5.41, 5.74) is 1.32. The molecule has 0 spiro atoms. The zero-order valence-corrected chi connectivity index (χ0v) is 16.5. The van der Waals surface area contributed by atoms with Crippen molar-refractivity contribution in [2.75, 3.05) is 20.8 Å². The molecule has 28 heavy (non-hydrogen) atoms. The molecule has 8 nitrogen and oxygen atoms in total. The third kappa shape index (κ3) is 3.05. The van der Waals surface area contributed by atoms with Gasteiger partial charge in [0, 0.05) is 18.0 Å². The second-order valence-electron chi connectivity index (χ2n) is 6.66. The first-order valence-corrected chi connectivity index (χ1v) is 9.73. The zero-order chi connectivity index (χ0) is 19.8. The molecule has 3 atom stereocenters. The number of amidine groups is 1. The van der Waals surface area contributed by atoms with E-state index in [0.717, 1.165) is 17.4 Å². The summed E-state index contributed by atoms with van der Waals surface area (Å²) in [7, 11) is 2.99. The molecule has 3 heterocycles. The molecule has 1 saturated heterocycles. The first-order valence-electron chi connectivity index (χ1n) is 8.85. The number of nitro benzene ring substituents is 1. The summed E-state index contributed by atoms with van der Waals surface area (Å²) < 4.78 is 10.7. The van der Waals surface area contributed by atoms with Crippen LogP contribution in [0.15, 0.2) is 41.5 Å². The van der Waals surface area contributed by atoms with E-state index in [0.29, 0.717) is 22.3 Å². The number of hydrogen-bond donors (Lipinski definition) is 0. The molecule has 0 aliphatic carbocycles. The number of rotatable bonds is 5. The quantitative estimate of drug-likeness (QED) is 0.559. The van der Waals surface area contributed by atoms with Crippen molar-refractivity contribution in [3.63, 3.8) is 0 Å². The maximum absolute atomic E-state index is 11.9. The van der Waals surface area contributed by atoms with Crippen molar-refractivity contribution in [3.05, 3.63) is 57.9 Å². The number of methoxy groups -OCH3 is 2. The van der Waals surface area contributed by atoms with Crippen LogP contribution in [0.2, 0.25) is 0 Å². The monoisotopic (exact) mass is 400 g/mol. The maximum atomic E-state index is 11.9. The Labute approximate surface area is 166 Å². The summed E-state index contributed by atoms with van der Waals surface area (Å²) in [5.74, 6) is 0.784. The van der Waals surface area contributed by atoms with E-state index in [1.54, 1.807) is 24.0 Å². The second kappa shape index (κ2) is 7.31. The van der Waals surface area contributed by atoms with Crippen molar-refractivity contribution >= 4 is 22.6 Å². The molecule has 2 aliphatic heterocycles. The lowest BCUT2D eigenvalue weighted by atomic mass is 9.94. The van der Waals surface area contributed by atoms with Gasteiger partial charge in [0.1, 0.15) is 6.04 Å². The lowest BCUT2D eigenvalue weighted by Crippen LogP contribution is -2.29. The van der Waals surface area contributed by atoms with Crippen LogP contribution in [0, 0.1) is 10.1 Å². The Morgan fingerprint density at radius 3 is 2.64 bits per heavy atom. The highest BCUT2D eigenvalue weighted by molar-refractivity contribution is 8.14. The molecule has 0 amide bonds. The summed E-state index contributed by atoms with van der Waals surface area (Å²) in [6.45, 7) is 2.89. The molecular formula is C19H20N4O4S. The molecule has 146 valence electrons. The minimum Gasteiger partial charge on any atom is -0.493 e. The Hall–Kier alpha value is -2.81. The van der Waals surface area contributed by atoms with Crippen LogP contribution in [-0.4, -0.2) is 46.0 Å². The van der Waals surface area contributed by atoms with Crippen molar-refractivity contribution in [1.29, 1.82) is 0 Å². The van der Waals surface area contributed by atoms with Crippen LogP contribution in [-0.2, 0) is 0 Å². The highest BCUT2D eigenvalue weighted by atomic mass is 32.2. The molecule has 0 radical (unpaired) electrons. The normalized spacial score (nSPS) is 23.3. The van der Waals surface area contributed by atoms with Gasteiger partial charge >= 0.3 is 0 Å². The second-order valence-corrected chi connectivity index (χ2v) is 8.07. The minimum atomic E-state index is -0.378. The highest BCUT2D eigenvalue weighted by Crippen LogP contribution is 2.51. The van der Waals surface area contributed by atoms with Crippen LogP contribution in [0.5, 0.6) is 11.5 Å². The van der Waals surface area contributed by atoms with E-state index >= 15 is 0 Å². The molecule has 1 aromatic heterocycles. The third-order valence-corrected chi connectivity index (χ3v) is 6.03. The number of fused-ring (bicyclic) bond motifs is 1. The number of hydrogen-bond acceptors (Lipinski definition) is 8. The van der Waals surface area contributed by atoms with E-state index in [9.17, 15) is 10.1 Å². The Morgan fingerprint density at radius 2 is 2.00 bits per heavy atom. The molecular weight excluding hydrogens is 380 g/mol. The fourth-order valence-corrected chi connectivity index (χ4v) is 4.83. The number of nitrogens with zero attached hydrogens (tertiary/aromatic N) is 4. The van der Waals surface area contributed by atoms with E-state index in [2.05, 4.69) is 16.8 Å².